The van der Waals surface area contributed by atoms with Crippen molar-refractivity contribution in [3.63, 3.8) is 0 Å². The number of halogens is 1. The first kappa shape index (κ1) is 11.9. The molecule has 1 unspecified atom stereocenters. The van der Waals surface area contributed by atoms with Crippen LogP contribution in [0, 0.1) is 0 Å². The third-order valence-corrected chi connectivity index (χ3v) is 2.07. The van der Waals surface area contributed by atoms with Crippen molar-refractivity contribution in [2.75, 3.05) is 33.9 Å². The van der Waals surface area contributed by atoms with Crippen molar-refractivity contribution in [2.45, 2.75) is 4.83 Å². The minimum Gasteiger partial charge on any atom is -0.468 e. The number of carbonyl (C=O) groups excluding carboxylic acids is 1. The second-order valence-corrected chi connectivity index (χ2v) is 3.58. The Morgan fingerprint density at radius 3 is 2.75 bits per heavy atom. The average Bonchev–Trinajstić information content (AvgIpc) is 2.03. The monoisotopic (exact) mass is 239 g/mol. The summed E-state index contributed by atoms with van der Waals surface area (Å²) in [5, 5.41) is 8.57. The van der Waals surface area contributed by atoms with Gasteiger partial charge in [-0.1, -0.05) is 15.9 Å². The van der Waals surface area contributed by atoms with Crippen molar-refractivity contribution < 1.29 is 14.6 Å². The minimum atomic E-state index is -0.320. The summed E-state index contributed by atoms with van der Waals surface area (Å²) in [6.07, 6.45) is 0. The summed E-state index contributed by atoms with van der Waals surface area (Å²) in [4.78, 5) is 12.4. The van der Waals surface area contributed by atoms with Crippen LogP contribution in [0.4, 0.5) is 0 Å². The van der Waals surface area contributed by atoms with Gasteiger partial charge in [0.15, 0.2) is 0 Å². The second-order valence-electron chi connectivity index (χ2n) is 2.48. The molecule has 0 aliphatic heterocycles. The van der Waals surface area contributed by atoms with Crippen LogP contribution in [0.1, 0.15) is 0 Å². The Balaban J connectivity index is 3.67. The average molecular weight is 240 g/mol. The third kappa shape index (κ3) is 4.69. The van der Waals surface area contributed by atoms with Gasteiger partial charge >= 0.3 is 5.97 Å². The number of nitrogens with zero attached hydrogens (tertiary/aromatic N) is 1. The van der Waals surface area contributed by atoms with E-state index < -0.39 is 0 Å². The highest BCUT2D eigenvalue weighted by Gasteiger charge is 2.16. The van der Waals surface area contributed by atoms with E-state index in [1.807, 2.05) is 11.9 Å². The Morgan fingerprint density at radius 2 is 2.33 bits per heavy atom. The first-order valence-corrected chi connectivity index (χ1v) is 4.54. The highest BCUT2D eigenvalue weighted by Crippen LogP contribution is 2.03. The molecule has 0 saturated heterocycles. The topological polar surface area (TPSA) is 49.8 Å². The quantitative estimate of drug-likeness (QED) is 0.536. The van der Waals surface area contributed by atoms with Gasteiger partial charge in [0.2, 0.25) is 0 Å². The second kappa shape index (κ2) is 6.39. The molecular weight excluding hydrogens is 226 g/mol. The highest BCUT2D eigenvalue weighted by molar-refractivity contribution is 9.10. The normalized spacial score (nSPS) is 13.1. The standard InChI is InChI=1S/C7H14BrNO3/c1-9(3-4-10)5-6(8)7(11)12-2/h6,10H,3-5H2,1-2H3. The molecular formula is C7H14BrNO3. The number of aliphatic hydroxyl groups excluding tert-OH is 1. The van der Waals surface area contributed by atoms with Crippen LogP contribution < -0.4 is 0 Å². The van der Waals surface area contributed by atoms with Crippen molar-refractivity contribution in [1.29, 1.82) is 0 Å². The molecule has 0 radical (unpaired) electrons. The number of rotatable bonds is 5. The summed E-state index contributed by atoms with van der Waals surface area (Å²) < 4.78 is 4.52. The summed E-state index contributed by atoms with van der Waals surface area (Å²) in [6.45, 7) is 1.18. The van der Waals surface area contributed by atoms with E-state index in [0.29, 0.717) is 13.1 Å². The van der Waals surface area contributed by atoms with Crippen LogP contribution in [0.5, 0.6) is 0 Å². The summed E-state index contributed by atoms with van der Waals surface area (Å²) in [5.41, 5.74) is 0. The molecule has 12 heavy (non-hydrogen) atoms. The zero-order valence-electron chi connectivity index (χ0n) is 7.29. The predicted molar refractivity (Wildman–Crippen MR) is 49.3 cm³/mol. The van der Waals surface area contributed by atoms with E-state index in [1.54, 1.807) is 0 Å². The molecule has 0 saturated carbocycles. The molecule has 0 aliphatic carbocycles. The van der Waals surface area contributed by atoms with Crippen LogP contribution >= 0.6 is 15.9 Å². The molecule has 0 aromatic heterocycles. The maximum atomic E-state index is 10.9. The molecule has 0 fully saturated rings. The predicted octanol–water partition coefficient (Wildman–Crippen LogP) is -0.153. The Labute approximate surface area is 80.6 Å². The fourth-order valence-corrected chi connectivity index (χ4v) is 1.42. The summed E-state index contributed by atoms with van der Waals surface area (Å²) in [5.74, 6) is -0.292. The van der Waals surface area contributed by atoms with Gasteiger partial charge in [-0.2, -0.15) is 0 Å². The molecule has 4 nitrogen and oxygen atoms in total. The van der Waals surface area contributed by atoms with Crippen molar-refractivity contribution in [2.24, 2.45) is 0 Å². The van der Waals surface area contributed by atoms with E-state index >= 15 is 0 Å². The number of hydrogen-bond acceptors (Lipinski definition) is 4. The largest absolute Gasteiger partial charge is 0.468 e. The van der Waals surface area contributed by atoms with Gasteiger partial charge in [0.25, 0.3) is 0 Å². The highest BCUT2D eigenvalue weighted by atomic mass is 79.9. The SMILES string of the molecule is COC(=O)C(Br)CN(C)CCO. The zero-order valence-corrected chi connectivity index (χ0v) is 8.87. The van der Waals surface area contributed by atoms with Crippen LogP contribution in [0.15, 0.2) is 0 Å². The number of likely N-dealkylation sites (N-methyl/N-ethyl adjacent to an activating group) is 1. The molecule has 0 aromatic carbocycles. The van der Waals surface area contributed by atoms with Crippen LogP contribution in [0.25, 0.3) is 0 Å². The van der Waals surface area contributed by atoms with Crippen molar-refractivity contribution in [3.05, 3.63) is 0 Å². The van der Waals surface area contributed by atoms with Gasteiger partial charge in [0.05, 0.1) is 13.7 Å². The number of aliphatic hydroxyl groups is 1. The van der Waals surface area contributed by atoms with Crippen LogP contribution in [-0.2, 0) is 9.53 Å². The van der Waals surface area contributed by atoms with Gasteiger partial charge in [-0.05, 0) is 7.05 Å². The molecule has 0 aromatic rings. The lowest BCUT2D eigenvalue weighted by molar-refractivity contribution is -0.140. The maximum Gasteiger partial charge on any atom is 0.320 e. The van der Waals surface area contributed by atoms with E-state index in [2.05, 4.69) is 20.7 Å². The maximum absolute atomic E-state index is 10.9. The number of hydrogen-bond donors (Lipinski definition) is 1. The molecule has 0 spiro atoms. The van der Waals surface area contributed by atoms with Gasteiger partial charge in [-0.3, -0.25) is 4.79 Å². The van der Waals surface area contributed by atoms with E-state index in [4.69, 9.17) is 5.11 Å². The van der Waals surface area contributed by atoms with Crippen LogP contribution in [0.3, 0.4) is 0 Å². The first-order chi connectivity index (χ1) is 5.61. The Bertz CT molecular complexity index is 143. The van der Waals surface area contributed by atoms with Gasteiger partial charge in [0, 0.05) is 13.1 Å². The molecule has 1 N–H and O–H groups in total. The Kier molecular flexibility index (Phi) is 6.32. The van der Waals surface area contributed by atoms with Gasteiger partial charge in [-0.25, -0.2) is 0 Å². The van der Waals surface area contributed by atoms with Crippen LogP contribution in [0.2, 0.25) is 0 Å². The van der Waals surface area contributed by atoms with Gasteiger partial charge in [0.1, 0.15) is 4.83 Å². The summed E-state index contributed by atoms with van der Waals surface area (Å²) in [6, 6.07) is 0. The van der Waals surface area contributed by atoms with E-state index in [0.717, 1.165) is 0 Å². The summed E-state index contributed by atoms with van der Waals surface area (Å²) >= 11 is 3.18. The van der Waals surface area contributed by atoms with E-state index in [1.165, 1.54) is 7.11 Å². The van der Waals surface area contributed by atoms with Crippen molar-refractivity contribution >= 4 is 21.9 Å². The van der Waals surface area contributed by atoms with E-state index in [9.17, 15) is 4.79 Å². The molecule has 5 heteroatoms. The van der Waals surface area contributed by atoms with Crippen LogP contribution in [-0.4, -0.2) is 54.7 Å². The number of methoxy groups -OCH3 is 1. The van der Waals surface area contributed by atoms with E-state index in [-0.39, 0.29) is 17.4 Å². The smallest absolute Gasteiger partial charge is 0.320 e. The first-order valence-electron chi connectivity index (χ1n) is 3.63. The molecule has 0 amide bonds. The molecule has 0 heterocycles. The summed E-state index contributed by atoms with van der Waals surface area (Å²) in [7, 11) is 3.18. The minimum absolute atomic E-state index is 0.0946. The Hall–Kier alpha value is -0.130. The number of carbonyl (C=O) groups is 1. The zero-order chi connectivity index (χ0) is 9.56. The van der Waals surface area contributed by atoms with Crippen molar-refractivity contribution in [3.8, 4) is 0 Å². The fraction of sp³-hybridized carbons (Fsp3) is 0.857. The fourth-order valence-electron chi connectivity index (χ4n) is 0.738. The van der Waals surface area contributed by atoms with Gasteiger partial charge < -0.3 is 14.7 Å². The molecule has 0 bridgehead atoms. The molecule has 0 aliphatic rings. The van der Waals surface area contributed by atoms with Gasteiger partial charge in [-0.15, -0.1) is 0 Å². The number of ether oxygens (including phenoxy) is 1. The Morgan fingerprint density at radius 1 is 1.75 bits per heavy atom. The molecule has 1 atom stereocenters. The lowest BCUT2D eigenvalue weighted by Crippen LogP contribution is -2.33. The van der Waals surface area contributed by atoms with Crippen molar-refractivity contribution in [1.82, 2.24) is 4.90 Å². The lowest BCUT2D eigenvalue weighted by Gasteiger charge is -2.17. The number of alkyl halides is 1. The third-order valence-electron chi connectivity index (χ3n) is 1.41. The number of esters is 1. The lowest BCUT2D eigenvalue weighted by atomic mass is 10.4. The molecule has 0 rings (SSSR count). The molecule has 72 valence electrons.